The van der Waals surface area contributed by atoms with E-state index in [1.54, 1.807) is 12.1 Å². The van der Waals surface area contributed by atoms with Crippen LogP contribution in [0.25, 0.3) is 6.08 Å². The molecule has 3 rings (SSSR count). The predicted molar refractivity (Wildman–Crippen MR) is 118 cm³/mol. The average molecular weight is 408 g/mol. The minimum absolute atomic E-state index is 0.178. The van der Waals surface area contributed by atoms with Crippen LogP contribution in [0.15, 0.2) is 95.9 Å². The zero-order valence-electron chi connectivity index (χ0n) is 16.6. The fourth-order valence-electron chi connectivity index (χ4n) is 2.52. The Balaban J connectivity index is 0.000000234. The molecular weight excluding hydrogens is 382 g/mol. The van der Waals surface area contributed by atoms with Gasteiger partial charge in [-0.2, -0.15) is 4.58 Å². The maximum Gasteiger partial charge on any atom is 0.205 e. The Bertz CT molecular complexity index is 1040. The van der Waals surface area contributed by atoms with Crippen molar-refractivity contribution >= 4 is 28.1 Å². The summed E-state index contributed by atoms with van der Waals surface area (Å²) in [6, 6.07) is 26.5. The number of nitrogens with zero attached hydrogens (tertiary/aromatic N) is 1. The first-order chi connectivity index (χ1) is 13.9. The Morgan fingerprint density at radius 1 is 0.862 bits per heavy atom. The number of allylic oxidation sites excluding steroid dienone is 1. The Kier molecular flexibility index (Phi) is 8.52. The lowest BCUT2D eigenvalue weighted by Crippen LogP contribution is -2.04. The van der Waals surface area contributed by atoms with Crippen molar-refractivity contribution in [1.29, 1.82) is 0 Å². The van der Waals surface area contributed by atoms with E-state index in [2.05, 4.69) is 78.4 Å². The van der Waals surface area contributed by atoms with Gasteiger partial charge in [-0.25, -0.2) is 8.42 Å². The van der Waals surface area contributed by atoms with Crippen LogP contribution in [0.3, 0.4) is 0 Å². The molecule has 0 unspecified atom stereocenters. The van der Waals surface area contributed by atoms with Crippen LogP contribution in [0, 0.1) is 6.92 Å². The summed E-state index contributed by atoms with van der Waals surface area (Å²) in [5.74, 6) is 0. The van der Waals surface area contributed by atoms with Gasteiger partial charge >= 0.3 is 0 Å². The fourth-order valence-corrected chi connectivity index (χ4v) is 2.99. The molecule has 5 heteroatoms. The van der Waals surface area contributed by atoms with E-state index in [0.717, 1.165) is 12.1 Å². The quantitative estimate of drug-likeness (QED) is 0.338. The molecular formula is C24H25NO3S. The van der Waals surface area contributed by atoms with Crippen molar-refractivity contribution in [1.82, 2.24) is 0 Å². The number of benzene rings is 3. The first kappa shape index (κ1) is 22.3. The maximum atomic E-state index is 10.4. The van der Waals surface area contributed by atoms with Gasteiger partial charge in [0.1, 0.15) is 16.7 Å². The molecule has 3 aromatic rings. The van der Waals surface area contributed by atoms with Gasteiger partial charge in [0.25, 0.3) is 0 Å². The number of aryl methyl sites for hydroxylation is 1. The minimum Gasteiger partial charge on any atom is -0.744 e. The predicted octanol–water partition coefficient (Wildman–Crippen LogP) is 5.03. The molecule has 0 aromatic heterocycles. The third-order valence-corrected chi connectivity index (χ3v) is 4.94. The molecule has 4 nitrogen and oxygen atoms in total. The van der Waals surface area contributed by atoms with E-state index in [4.69, 9.17) is 0 Å². The number of rotatable bonds is 5. The highest BCUT2D eigenvalue weighted by atomic mass is 32.2. The third kappa shape index (κ3) is 7.86. The van der Waals surface area contributed by atoms with E-state index in [9.17, 15) is 13.0 Å². The number of hydrogen-bond acceptors (Lipinski definition) is 3. The van der Waals surface area contributed by atoms with Gasteiger partial charge in [-0.05, 0) is 37.6 Å². The lowest BCUT2D eigenvalue weighted by atomic mass is 10.2. The highest BCUT2D eigenvalue weighted by molar-refractivity contribution is 7.85. The van der Waals surface area contributed by atoms with Crippen LogP contribution < -0.4 is 0 Å². The molecule has 0 fully saturated rings. The largest absolute Gasteiger partial charge is 0.744 e. The molecule has 0 spiro atoms. The second-order valence-corrected chi connectivity index (χ2v) is 7.69. The van der Waals surface area contributed by atoms with Gasteiger partial charge in [0.15, 0.2) is 6.21 Å². The summed E-state index contributed by atoms with van der Waals surface area (Å²) in [6.07, 6.45) is 6.32. The molecule has 150 valence electrons. The van der Waals surface area contributed by atoms with Gasteiger partial charge < -0.3 is 4.55 Å². The molecule has 0 radical (unpaired) electrons. The molecule has 0 saturated carbocycles. The van der Waals surface area contributed by atoms with Gasteiger partial charge in [-0.15, -0.1) is 0 Å². The minimum atomic E-state index is -4.27. The van der Waals surface area contributed by atoms with Crippen molar-refractivity contribution in [2.75, 3.05) is 6.54 Å². The van der Waals surface area contributed by atoms with Crippen molar-refractivity contribution in [3.05, 3.63) is 102 Å². The average Bonchev–Trinajstić information content (AvgIpc) is 2.73. The molecule has 0 atom stereocenters. The molecule has 0 heterocycles. The fraction of sp³-hybridized carbons (Fsp3) is 0.125. The molecule has 0 saturated heterocycles. The number of para-hydroxylation sites is 1. The van der Waals surface area contributed by atoms with Crippen molar-refractivity contribution in [2.45, 2.75) is 18.7 Å². The lowest BCUT2D eigenvalue weighted by molar-refractivity contribution is -0.430. The van der Waals surface area contributed by atoms with E-state index < -0.39 is 10.1 Å². The van der Waals surface area contributed by atoms with Gasteiger partial charge in [-0.3, -0.25) is 0 Å². The van der Waals surface area contributed by atoms with Gasteiger partial charge in [-0.1, -0.05) is 66.2 Å². The Morgan fingerprint density at radius 2 is 1.41 bits per heavy atom. The zero-order chi connectivity index (χ0) is 21.1. The van der Waals surface area contributed by atoms with E-state index in [0.29, 0.717) is 0 Å². The van der Waals surface area contributed by atoms with Crippen LogP contribution in [0.5, 0.6) is 0 Å². The Morgan fingerprint density at radius 3 is 1.93 bits per heavy atom. The molecule has 0 aliphatic rings. The first-order valence-corrected chi connectivity index (χ1v) is 10.7. The van der Waals surface area contributed by atoms with E-state index >= 15 is 0 Å². The number of hydrogen-bond donors (Lipinski definition) is 0. The highest BCUT2D eigenvalue weighted by Crippen LogP contribution is 2.10. The summed E-state index contributed by atoms with van der Waals surface area (Å²) in [7, 11) is -4.27. The molecule has 0 N–H and O–H groups in total. The Hall–Kier alpha value is -3.02. The summed E-state index contributed by atoms with van der Waals surface area (Å²) in [5, 5.41) is 0. The van der Waals surface area contributed by atoms with Crippen LogP contribution in [0.2, 0.25) is 0 Å². The van der Waals surface area contributed by atoms with Crippen molar-refractivity contribution in [3.63, 3.8) is 0 Å². The van der Waals surface area contributed by atoms with E-state index in [1.165, 1.54) is 23.4 Å². The maximum absolute atomic E-state index is 10.4. The third-order valence-electron chi connectivity index (χ3n) is 4.09. The van der Waals surface area contributed by atoms with Gasteiger partial charge in [0, 0.05) is 18.2 Å². The second-order valence-electron chi connectivity index (χ2n) is 6.31. The molecule has 0 aliphatic heterocycles. The molecule has 0 bridgehead atoms. The van der Waals surface area contributed by atoms with Crippen LogP contribution >= 0.6 is 0 Å². The van der Waals surface area contributed by atoms with Crippen molar-refractivity contribution < 1.29 is 17.5 Å². The zero-order valence-corrected chi connectivity index (χ0v) is 17.4. The van der Waals surface area contributed by atoms with Crippen LogP contribution in [-0.4, -0.2) is 30.3 Å². The molecule has 29 heavy (non-hydrogen) atoms. The summed E-state index contributed by atoms with van der Waals surface area (Å²) >= 11 is 0. The molecule has 0 aliphatic carbocycles. The smallest absolute Gasteiger partial charge is 0.205 e. The first-order valence-electron chi connectivity index (χ1n) is 9.31. The van der Waals surface area contributed by atoms with Gasteiger partial charge in [0.2, 0.25) is 5.69 Å². The standard InChI is InChI=1S/C17H18N.C7H8O3S/c1-2-18(17-13-7-4-8-14-17)15-9-12-16-10-5-3-6-11-16;1-6-2-4-7(5-3-6)11(8,9)10/h3-15H,2H2,1H3;2-5H,1H3,(H,8,9,10)/q+1;/p-1. The summed E-state index contributed by atoms with van der Waals surface area (Å²) in [5.41, 5.74) is 3.37. The van der Waals surface area contributed by atoms with Crippen molar-refractivity contribution in [3.8, 4) is 0 Å². The summed E-state index contributed by atoms with van der Waals surface area (Å²) < 4.78 is 33.4. The normalized spacial score (nSPS) is 11.8. The van der Waals surface area contributed by atoms with Gasteiger partial charge in [0.05, 0.1) is 4.90 Å². The van der Waals surface area contributed by atoms with Crippen molar-refractivity contribution in [2.24, 2.45) is 0 Å². The topological polar surface area (TPSA) is 60.2 Å². The molecule has 0 amide bonds. The molecule has 3 aromatic carbocycles. The van der Waals surface area contributed by atoms with Crippen LogP contribution in [0.1, 0.15) is 18.1 Å². The monoisotopic (exact) mass is 407 g/mol. The lowest BCUT2D eigenvalue weighted by Gasteiger charge is -2.05. The summed E-state index contributed by atoms with van der Waals surface area (Å²) in [4.78, 5) is -0.178. The van der Waals surface area contributed by atoms with E-state index in [1.807, 2.05) is 19.1 Å². The highest BCUT2D eigenvalue weighted by Gasteiger charge is 2.02. The van der Waals surface area contributed by atoms with E-state index in [-0.39, 0.29) is 4.90 Å². The van der Waals surface area contributed by atoms with Crippen LogP contribution in [-0.2, 0) is 10.1 Å². The Labute approximate surface area is 173 Å². The SMILES string of the molecule is CC[N+](=CC=Cc1ccccc1)c1ccccc1.Cc1ccc(S(=O)(=O)[O-])cc1. The summed E-state index contributed by atoms with van der Waals surface area (Å²) in [6.45, 7) is 4.93. The second kappa shape index (κ2) is 11.1. The van der Waals surface area contributed by atoms with Crippen LogP contribution in [0.4, 0.5) is 5.69 Å².